The van der Waals surface area contributed by atoms with Crippen LogP contribution in [0.5, 0.6) is 0 Å². The first kappa shape index (κ1) is 32.9. The van der Waals surface area contributed by atoms with Gasteiger partial charge >= 0.3 is 0 Å². The quantitative estimate of drug-likeness (QED) is 0.175. The van der Waals surface area contributed by atoms with E-state index in [1.807, 2.05) is 6.08 Å². The topological polar surface area (TPSA) is 36.1 Å². The van der Waals surface area contributed by atoms with E-state index in [0.717, 1.165) is 83.1 Å². The zero-order valence-electron chi connectivity index (χ0n) is 32.4. The maximum Gasteiger partial charge on any atom is 0.135 e. The number of para-hydroxylation sites is 4. The Morgan fingerprint density at radius 3 is 1.05 bits per heavy atom. The maximum absolute atomic E-state index is 6.44. The van der Waals surface area contributed by atoms with Crippen LogP contribution in [0.4, 0.5) is 0 Å². The fourth-order valence-corrected chi connectivity index (χ4v) is 9.67. The molecule has 0 spiro atoms. The minimum absolute atomic E-state index is 0.866. The fourth-order valence-electron chi connectivity index (χ4n) is 9.67. The van der Waals surface area contributed by atoms with Crippen molar-refractivity contribution in [2.24, 2.45) is 0 Å². The van der Waals surface area contributed by atoms with Gasteiger partial charge in [-0.2, -0.15) is 0 Å². The molecule has 0 unspecified atom stereocenters. The summed E-state index contributed by atoms with van der Waals surface area (Å²) in [6.07, 6.45) is 1.93. The van der Waals surface area contributed by atoms with Gasteiger partial charge in [0, 0.05) is 54.5 Å². The van der Waals surface area contributed by atoms with Crippen molar-refractivity contribution in [1.29, 1.82) is 0 Å². The van der Waals surface area contributed by atoms with Crippen LogP contribution in [0.3, 0.4) is 0 Å². The monoisotopic (exact) mass is 766 g/mol. The normalized spacial score (nSPS) is 12.1. The summed E-state index contributed by atoms with van der Waals surface area (Å²) in [4.78, 5) is 0. The molecule has 0 saturated carbocycles. The molecule has 13 rings (SSSR count). The average molecular weight is 767 g/mol. The molecule has 60 heavy (non-hydrogen) atoms. The predicted molar refractivity (Wildman–Crippen MR) is 251 cm³/mol. The lowest BCUT2D eigenvalue weighted by atomic mass is 9.94. The average Bonchev–Trinajstić information content (AvgIpc) is 4.05. The molecule has 0 aliphatic rings. The molecule has 0 aliphatic carbocycles. The summed E-state index contributed by atoms with van der Waals surface area (Å²) >= 11 is 0. The van der Waals surface area contributed by atoms with Gasteiger partial charge in [0.1, 0.15) is 22.3 Å². The van der Waals surface area contributed by atoms with Crippen molar-refractivity contribution in [3.63, 3.8) is 0 Å². The Morgan fingerprint density at radius 1 is 0.317 bits per heavy atom. The molecule has 280 valence electrons. The minimum atomic E-state index is 0.866. The first-order valence-corrected chi connectivity index (χ1v) is 20.3. The van der Waals surface area contributed by atoms with Gasteiger partial charge in [-0.1, -0.05) is 97.6 Å². The Bertz CT molecular complexity index is 3570. The molecule has 0 fully saturated rings. The number of aromatic nitrogens is 2. The molecule has 4 aromatic heterocycles. The summed E-state index contributed by atoms with van der Waals surface area (Å²) in [7, 11) is 0. The summed E-state index contributed by atoms with van der Waals surface area (Å²) in [6, 6.07) is 67.4. The third-order valence-corrected chi connectivity index (χ3v) is 12.4. The predicted octanol–water partition coefficient (Wildman–Crippen LogP) is 15.7. The number of hydrogen-bond acceptors (Lipinski definition) is 2. The Balaban J connectivity index is 0.933. The molecule has 0 saturated heterocycles. The standard InChI is InChI=1S/C56H34N2O2/c1-2-34-27-37(35-19-23-53-45(30-35)47-32-39(21-25-55(47)59-53)57-49-15-7-3-11-41(49)42-12-4-8-16-50(42)57)29-38(28-34)36-20-24-54-46(31-36)48-33-40(22-26-56(48)60-54)58-51-17-9-5-13-43(51)44-14-6-10-18-52(44)58/h2-33H,1H2. The summed E-state index contributed by atoms with van der Waals surface area (Å²) in [5.41, 5.74) is 15.9. The summed E-state index contributed by atoms with van der Waals surface area (Å²) < 4.78 is 17.6. The number of rotatable bonds is 5. The van der Waals surface area contributed by atoms with E-state index >= 15 is 0 Å². The van der Waals surface area contributed by atoms with Gasteiger partial charge in [-0.3, -0.25) is 0 Å². The lowest BCUT2D eigenvalue weighted by Gasteiger charge is -2.10. The molecule has 9 aromatic carbocycles. The van der Waals surface area contributed by atoms with Crippen LogP contribution in [0, 0.1) is 0 Å². The van der Waals surface area contributed by atoms with Crippen molar-refractivity contribution in [1.82, 2.24) is 9.13 Å². The largest absolute Gasteiger partial charge is 0.456 e. The van der Waals surface area contributed by atoms with Crippen LogP contribution in [0.2, 0.25) is 0 Å². The van der Waals surface area contributed by atoms with Gasteiger partial charge in [0.05, 0.1) is 22.1 Å². The molecule has 0 radical (unpaired) electrons. The molecule has 0 atom stereocenters. The van der Waals surface area contributed by atoms with Crippen LogP contribution in [0.1, 0.15) is 5.56 Å². The van der Waals surface area contributed by atoms with Crippen LogP contribution in [0.15, 0.2) is 203 Å². The lowest BCUT2D eigenvalue weighted by Crippen LogP contribution is -1.93. The van der Waals surface area contributed by atoms with Gasteiger partial charge in [0.15, 0.2) is 0 Å². The third-order valence-electron chi connectivity index (χ3n) is 12.4. The van der Waals surface area contributed by atoms with Crippen molar-refractivity contribution in [2.75, 3.05) is 0 Å². The van der Waals surface area contributed by atoms with E-state index in [1.54, 1.807) is 0 Å². The molecule has 4 heterocycles. The lowest BCUT2D eigenvalue weighted by molar-refractivity contribution is 0.668. The molecular weight excluding hydrogens is 733 g/mol. The van der Waals surface area contributed by atoms with Crippen molar-refractivity contribution < 1.29 is 8.83 Å². The van der Waals surface area contributed by atoms with E-state index < -0.39 is 0 Å². The minimum Gasteiger partial charge on any atom is -0.456 e. The van der Waals surface area contributed by atoms with Gasteiger partial charge in [-0.25, -0.2) is 0 Å². The van der Waals surface area contributed by atoms with E-state index in [2.05, 4.69) is 204 Å². The Hall–Kier alpha value is -8.08. The highest BCUT2D eigenvalue weighted by Crippen LogP contribution is 2.40. The van der Waals surface area contributed by atoms with Gasteiger partial charge in [-0.05, 0) is 131 Å². The summed E-state index contributed by atoms with van der Waals surface area (Å²) in [5.74, 6) is 0. The Kier molecular flexibility index (Phi) is 6.84. The number of benzene rings is 9. The second kappa shape index (κ2) is 12.5. The third kappa shape index (κ3) is 4.79. The fraction of sp³-hybridized carbons (Fsp3) is 0. The van der Waals surface area contributed by atoms with Gasteiger partial charge in [0.25, 0.3) is 0 Å². The van der Waals surface area contributed by atoms with Crippen molar-refractivity contribution in [3.05, 3.63) is 200 Å². The summed E-state index contributed by atoms with van der Waals surface area (Å²) in [6.45, 7) is 4.19. The van der Waals surface area contributed by atoms with E-state index in [9.17, 15) is 0 Å². The van der Waals surface area contributed by atoms with Gasteiger partial charge < -0.3 is 18.0 Å². The maximum atomic E-state index is 6.44. The van der Waals surface area contributed by atoms with E-state index in [4.69, 9.17) is 8.83 Å². The molecule has 13 aromatic rings. The van der Waals surface area contributed by atoms with Gasteiger partial charge in [0.2, 0.25) is 0 Å². The van der Waals surface area contributed by atoms with Crippen molar-refractivity contribution >= 4 is 93.6 Å². The second-order valence-corrected chi connectivity index (χ2v) is 15.8. The number of hydrogen-bond donors (Lipinski definition) is 0. The van der Waals surface area contributed by atoms with E-state index in [1.165, 1.54) is 43.6 Å². The number of fused-ring (bicyclic) bond motifs is 12. The van der Waals surface area contributed by atoms with Crippen LogP contribution < -0.4 is 0 Å². The zero-order valence-corrected chi connectivity index (χ0v) is 32.4. The van der Waals surface area contributed by atoms with Crippen LogP contribution in [0.25, 0.3) is 127 Å². The molecule has 0 N–H and O–H groups in total. The first-order chi connectivity index (χ1) is 29.7. The van der Waals surface area contributed by atoms with Crippen LogP contribution >= 0.6 is 0 Å². The highest BCUT2D eigenvalue weighted by atomic mass is 16.3. The SMILES string of the molecule is C=Cc1cc(-c2ccc3oc4ccc(-n5c6ccccc6c6ccccc65)cc4c3c2)cc(-c2ccc3oc4ccc(-n5c6ccccc6c6ccccc65)cc4c3c2)c1. The molecular formula is C56H34N2O2. The Labute approximate surface area is 344 Å². The molecule has 0 amide bonds. The highest BCUT2D eigenvalue weighted by molar-refractivity contribution is 6.13. The zero-order chi connectivity index (χ0) is 39.5. The van der Waals surface area contributed by atoms with Crippen molar-refractivity contribution in [2.45, 2.75) is 0 Å². The first-order valence-electron chi connectivity index (χ1n) is 20.3. The van der Waals surface area contributed by atoms with E-state index in [0.29, 0.717) is 0 Å². The highest BCUT2D eigenvalue weighted by Gasteiger charge is 2.17. The van der Waals surface area contributed by atoms with Crippen LogP contribution in [-0.2, 0) is 0 Å². The summed E-state index contributed by atoms with van der Waals surface area (Å²) in [5, 5.41) is 9.32. The van der Waals surface area contributed by atoms with E-state index in [-0.39, 0.29) is 0 Å². The Morgan fingerprint density at radius 2 is 0.667 bits per heavy atom. The molecule has 4 heteroatoms. The van der Waals surface area contributed by atoms with Gasteiger partial charge in [-0.15, -0.1) is 0 Å². The van der Waals surface area contributed by atoms with Crippen LogP contribution in [-0.4, -0.2) is 9.13 Å². The molecule has 4 nitrogen and oxygen atoms in total. The van der Waals surface area contributed by atoms with Crippen molar-refractivity contribution in [3.8, 4) is 33.6 Å². The molecule has 0 aliphatic heterocycles. The second-order valence-electron chi connectivity index (χ2n) is 15.8. The smallest absolute Gasteiger partial charge is 0.135 e. The molecule has 0 bridgehead atoms. The number of furan rings is 2. The number of nitrogens with zero attached hydrogens (tertiary/aromatic N) is 2.